The van der Waals surface area contributed by atoms with E-state index in [1.165, 1.54) is 16.3 Å². The highest BCUT2D eigenvalue weighted by molar-refractivity contribution is 6.08. The van der Waals surface area contributed by atoms with Gasteiger partial charge in [-0.3, -0.25) is 0 Å². The third-order valence-electron chi connectivity index (χ3n) is 8.76. The van der Waals surface area contributed by atoms with Crippen molar-refractivity contribution >= 4 is 43.5 Å². The van der Waals surface area contributed by atoms with Gasteiger partial charge in [0, 0.05) is 28.3 Å². The largest absolute Gasteiger partial charge is 0.456 e. The lowest BCUT2D eigenvalue weighted by atomic mass is 9.98. The molecule has 0 radical (unpaired) electrons. The second-order valence-electron chi connectivity index (χ2n) is 11.6. The lowest BCUT2D eigenvalue weighted by Crippen LogP contribution is -2.04. The van der Waals surface area contributed by atoms with E-state index < -0.39 is 0 Å². The molecule has 0 saturated carbocycles. The lowest BCUT2D eigenvalue weighted by molar-refractivity contribution is 0.668. The molecule has 0 saturated heterocycles. The first-order valence-electron chi connectivity index (χ1n) is 15.5. The number of rotatable bonds is 5. The van der Waals surface area contributed by atoms with E-state index in [9.17, 15) is 0 Å². The van der Waals surface area contributed by atoms with Crippen molar-refractivity contribution in [2.45, 2.75) is 6.42 Å². The number of aromatic nitrogens is 3. The molecule has 0 amide bonds. The molecule has 46 heavy (non-hydrogen) atoms. The summed E-state index contributed by atoms with van der Waals surface area (Å²) in [6, 6.07) is 52.6. The number of furan rings is 1. The molecule has 2 heterocycles. The van der Waals surface area contributed by atoms with Crippen molar-refractivity contribution in [3.63, 3.8) is 0 Å². The zero-order chi connectivity index (χ0) is 30.5. The minimum Gasteiger partial charge on any atom is -0.456 e. The van der Waals surface area contributed by atoms with Crippen LogP contribution in [0.1, 0.15) is 11.4 Å². The van der Waals surface area contributed by atoms with Crippen LogP contribution in [-0.4, -0.2) is 15.0 Å². The van der Waals surface area contributed by atoms with Gasteiger partial charge >= 0.3 is 0 Å². The standard InChI is InChI=1S/C42H27N3O/c1-2-12-29(13-3-1)41-43-39(44-42(45-41)35-18-8-15-28-11-6-7-17-34(28)35)26-33-16-9-19-38-40(33)36-25-32(22-23-37(36)46-38)31-21-20-27-10-4-5-14-30(27)24-31/h1-25H,26H2. The Bertz CT molecular complexity index is 2560. The van der Waals surface area contributed by atoms with Gasteiger partial charge in [0.1, 0.15) is 17.0 Å². The van der Waals surface area contributed by atoms with E-state index in [1.807, 2.05) is 36.4 Å². The van der Waals surface area contributed by atoms with Gasteiger partial charge in [-0.2, -0.15) is 0 Å². The fourth-order valence-corrected chi connectivity index (χ4v) is 6.52. The van der Waals surface area contributed by atoms with Crippen LogP contribution in [0.5, 0.6) is 0 Å². The molecule has 9 rings (SSSR count). The molecule has 2 aromatic heterocycles. The van der Waals surface area contributed by atoms with Gasteiger partial charge in [0.15, 0.2) is 11.6 Å². The zero-order valence-corrected chi connectivity index (χ0v) is 24.9. The molecule has 0 aliphatic carbocycles. The molecule has 0 spiro atoms. The Morgan fingerprint density at radius 1 is 0.435 bits per heavy atom. The van der Waals surface area contributed by atoms with E-state index >= 15 is 0 Å². The third kappa shape index (κ3) is 4.59. The van der Waals surface area contributed by atoms with Gasteiger partial charge in [-0.1, -0.05) is 127 Å². The van der Waals surface area contributed by atoms with Gasteiger partial charge in [-0.15, -0.1) is 0 Å². The predicted molar refractivity (Wildman–Crippen MR) is 188 cm³/mol. The minimum absolute atomic E-state index is 0.534. The summed E-state index contributed by atoms with van der Waals surface area (Å²) in [5, 5.41) is 6.91. The Labute approximate surface area is 265 Å². The van der Waals surface area contributed by atoms with E-state index in [-0.39, 0.29) is 0 Å². The monoisotopic (exact) mass is 589 g/mol. The summed E-state index contributed by atoms with van der Waals surface area (Å²) in [5.41, 5.74) is 7.11. The maximum atomic E-state index is 6.37. The third-order valence-corrected chi connectivity index (χ3v) is 8.76. The first kappa shape index (κ1) is 26.3. The summed E-state index contributed by atoms with van der Waals surface area (Å²) in [4.78, 5) is 15.1. The Balaban J connectivity index is 1.19. The van der Waals surface area contributed by atoms with Crippen molar-refractivity contribution in [3.8, 4) is 33.9 Å². The summed E-state index contributed by atoms with van der Waals surface area (Å²) in [6.07, 6.45) is 0.534. The molecule has 7 aromatic carbocycles. The van der Waals surface area contributed by atoms with Gasteiger partial charge in [0.2, 0.25) is 0 Å². The molecule has 216 valence electrons. The Kier molecular flexibility index (Phi) is 6.17. The van der Waals surface area contributed by atoms with Crippen LogP contribution >= 0.6 is 0 Å². The summed E-state index contributed by atoms with van der Waals surface area (Å²) < 4.78 is 6.37. The fourth-order valence-electron chi connectivity index (χ4n) is 6.52. The quantitative estimate of drug-likeness (QED) is 0.200. The Hall–Kier alpha value is -6.13. The maximum absolute atomic E-state index is 6.37. The van der Waals surface area contributed by atoms with E-state index in [2.05, 4.69) is 115 Å². The van der Waals surface area contributed by atoms with E-state index in [1.54, 1.807) is 0 Å². The Morgan fingerprint density at radius 2 is 1.15 bits per heavy atom. The highest BCUT2D eigenvalue weighted by Crippen LogP contribution is 2.36. The first-order chi connectivity index (χ1) is 22.8. The van der Waals surface area contributed by atoms with Crippen molar-refractivity contribution in [2.24, 2.45) is 0 Å². The predicted octanol–water partition coefficient (Wildman–Crippen LogP) is 10.7. The summed E-state index contributed by atoms with van der Waals surface area (Å²) in [6.45, 7) is 0. The van der Waals surface area contributed by atoms with Crippen LogP contribution in [0.4, 0.5) is 0 Å². The van der Waals surface area contributed by atoms with Crippen LogP contribution in [0, 0.1) is 0 Å². The molecule has 9 aromatic rings. The number of nitrogens with zero attached hydrogens (tertiary/aromatic N) is 3. The smallest absolute Gasteiger partial charge is 0.164 e. The SMILES string of the molecule is c1ccc(-c2nc(Cc3cccc4oc5ccc(-c6ccc7ccccc7c6)cc5c34)nc(-c3cccc4ccccc34)n2)cc1. The highest BCUT2D eigenvalue weighted by Gasteiger charge is 2.17. The molecule has 0 atom stereocenters. The molecule has 4 heteroatoms. The van der Waals surface area contributed by atoms with Crippen LogP contribution in [0.25, 0.3) is 77.4 Å². The molecule has 0 N–H and O–H groups in total. The molecule has 0 aliphatic rings. The molecule has 0 fully saturated rings. The molecule has 0 bridgehead atoms. The van der Waals surface area contributed by atoms with Gasteiger partial charge in [0.05, 0.1) is 0 Å². The Morgan fingerprint density at radius 3 is 2.07 bits per heavy atom. The highest BCUT2D eigenvalue weighted by atomic mass is 16.3. The van der Waals surface area contributed by atoms with Crippen molar-refractivity contribution in [3.05, 3.63) is 163 Å². The van der Waals surface area contributed by atoms with E-state index in [0.29, 0.717) is 23.9 Å². The van der Waals surface area contributed by atoms with Crippen molar-refractivity contribution in [1.82, 2.24) is 15.0 Å². The van der Waals surface area contributed by atoms with Gasteiger partial charge in [-0.25, -0.2) is 15.0 Å². The molecule has 4 nitrogen and oxygen atoms in total. The number of fused-ring (bicyclic) bond motifs is 5. The van der Waals surface area contributed by atoms with Crippen LogP contribution in [-0.2, 0) is 6.42 Å². The first-order valence-corrected chi connectivity index (χ1v) is 15.5. The zero-order valence-electron chi connectivity index (χ0n) is 24.9. The van der Waals surface area contributed by atoms with Crippen LogP contribution in [0.3, 0.4) is 0 Å². The van der Waals surface area contributed by atoms with E-state index in [4.69, 9.17) is 19.4 Å². The average Bonchev–Trinajstić information content (AvgIpc) is 3.50. The van der Waals surface area contributed by atoms with Gasteiger partial charge in [-0.05, 0) is 62.5 Å². The molecule has 0 aliphatic heterocycles. The molecular formula is C42H27N3O. The number of hydrogen-bond acceptors (Lipinski definition) is 4. The lowest BCUT2D eigenvalue weighted by Gasteiger charge is -2.11. The summed E-state index contributed by atoms with van der Waals surface area (Å²) in [7, 11) is 0. The fraction of sp³-hybridized carbons (Fsp3) is 0.0238. The van der Waals surface area contributed by atoms with Crippen molar-refractivity contribution in [2.75, 3.05) is 0 Å². The molecule has 0 unspecified atom stereocenters. The van der Waals surface area contributed by atoms with Crippen LogP contribution < -0.4 is 0 Å². The summed E-state index contributed by atoms with van der Waals surface area (Å²) >= 11 is 0. The maximum Gasteiger partial charge on any atom is 0.164 e. The van der Waals surface area contributed by atoms with Crippen LogP contribution in [0.2, 0.25) is 0 Å². The minimum atomic E-state index is 0.534. The second kappa shape index (κ2) is 10.8. The van der Waals surface area contributed by atoms with Crippen molar-refractivity contribution in [1.29, 1.82) is 0 Å². The van der Waals surface area contributed by atoms with Crippen LogP contribution in [0.15, 0.2) is 156 Å². The number of hydrogen-bond donors (Lipinski definition) is 0. The summed E-state index contributed by atoms with van der Waals surface area (Å²) in [5.74, 6) is 2.05. The average molecular weight is 590 g/mol. The molecular weight excluding hydrogens is 562 g/mol. The number of benzene rings is 7. The normalized spacial score (nSPS) is 11.6. The topological polar surface area (TPSA) is 51.8 Å². The van der Waals surface area contributed by atoms with Gasteiger partial charge in [0.25, 0.3) is 0 Å². The second-order valence-corrected chi connectivity index (χ2v) is 11.6. The van der Waals surface area contributed by atoms with Gasteiger partial charge < -0.3 is 4.42 Å². The van der Waals surface area contributed by atoms with E-state index in [0.717, 1.165) is 55.0 Å². The van der Waals surface area contributed by atoms with Crippen molar-refractivity contribution < 1.29 is 4.42 Å².